The van der Waals surface area contributed by atoms with E-state index in [0.717, 1.165) is 4.90 Å². The van der Waals surface area contributed by atoms with Crippen LogP contribution in [0.2, 0.25) is 0 Å². The van der Waals surface area contributed by atoms with Crippen LogP contribution < -0.4 is 4.74 Å². The molecule has 134 valence electrons. The molecule has 0 saturated carbocycles. The quantitative estimate of drug-likeness (QED) is 0.779. The smallest absolute Gasteiger partial charge is 0.314 e. The molecule has 26 heavy (non-hydrogen) atoms. The number of benzene rings is 1. The predicted molar refractivity (Wildman–Crippen MR) is 97.9 cm³/mol. The molecule has 1 aliphatic rings. The van der Waals surface area contributed by atoms with Crippen LogP contribution in [0.15, 0.2) is 36.6 Å². The monoisotopic (exact) mass is 358 g/mol. The van der Waals surface area contributed by atoms with Gasteiger partial charge in [-0.05, 0) is 39.1 Å². The van der Waals surface area contributed by atoms with Crippen LogP contribution in [0, 0.1) is 13.4 Å². The first-order valence-electron chi connectivity index (χ1n) is 12.0. The largest absolute Gasteiger partial charge is 0.447 e. The first-order chi connectivity index (χ1) is 15.6. The normalized spacial score (nSPS) is 24.7. The fraction of sp³-hybridized carbons (Fsp3) is 0.400. The second kappa shape index (κ2) is 7.12. The molecule has 1 fully saturated rings. The third kappa shape index (κ3) is 3.67. The lowest BCUT2D eigenvalue weighted by Crippen LogP contribution is -2.48. The Balaban J connectivity index is 2.03. The molecule has 1 aromatic carbocycles. The predicted octanol–water partition coefficient (Wildman–Crippen LogP) is 3.86. The zero-order valence-corrected chi connectivity index (χ0v) is 14.4. The zero-order valence-electron chi connectivity index (χ0n) is 22.4. The van der Waals surface area contributed by atoms with E-state index < -0.39 is 54.1 Å². The van der Waals surface area contributed by atoms with Crippen molar-refractivity contribution in [2.24, 2.45) is 0 Å². The number of hydrogen-bond donors (Lipinski definition) is 0. The minimum absolute atomic E-state index is 0.0226. The van der Waals surface area contributed by atoms with Gasteiger partial charge in [-0.3, -0.25) is 4.79 Å². The van der Waals surface area contributed by atoms with Crippen LogP contribution >= 0.6 is 0 Å². The Bertz CT molecular complexity index is 1150. The molecule has 3 rings (SSSR count). The van der Waals surface area contributed by atoms with Gasteiger partial charge in [0.2, 0.25) is 5.69 Å². The molecule has 0 radical (unpaired) electrons. The van der Waals surface area contributed by atoms with Crippen LogP contribution in [0.4, 0.5) is 5.69 Å². The summed E-state index contributed by atoms with van der Waals surface area (Å²) in [5.41, 5.74) is -2.48. The topological polar surface area (TPSA) is 59.7 Å². The Morgan fingerprint density at radius 2 is 2.12 bits per heavy atom. The molecule has 1 amide bonds. The number of carbonyl (C=O) groups excluding carboxylic acids is 1. The van der Waals surface area contributed by atoms with Gasteiger partial charge >= 0.3 is 6.01 Å². The van der Waals surface area contributed by atoms with Crippen molar-refractivity contribution in [2.45, 2.75) is 45.2 Å². The van der Waals surface area contributed by atoms with E-state index >= 15 is 0 Å². The van der Waals surface area contributed by atoms with Crippen LogP contribution in [0.1, 0.15) is 54.8 Å². The first kappa shape index (κ1) is 10.3. The average molecular weight is 358 g/mol. The van der Waals surface area contributed by atoms with Crippen LogP contribution in [0.3, 0.4) is 0 Å². The van der Waals surface area contributed by atoms with Crippen LogP contribution in [-0.4, -0.2) is 32.9 Å². The van der Waals surface area contributed by atoms with E-state index in [1.807, 2.05) is 0 Å². The van der Waals surface area contributed by atoms with E-state index in [1.54, 1.807) is 0 Å². The van der Waals surface area contributed by atoms with Gasteiger partial charge in [-0.25, -0.2) is 14.8 Å². The summed E-state index contributed by atoms with van der Waals surface area (Å²) in [5, 5.41) is 0. The highest BCUT2D eigenvalue weighted by atomic mass is 16.5. The van der Waals surface area contributed by atoms with Gasteiger partial charge in [0.25, 0.3) is 5.91 Å². The highest BCUT2D eigenvalue weighted by Gasteiger charge is 2.40. The Morgan fingerprint density at radius 1 is 1.42 bits per heavy atom. The van der Waals surface area contributed by atoms with Gasteiger partial charge in [-0.2, -0.15) is 0 Å². The molecule has 0 unspecified atom stereocenters. The summed E-state index contributed by atoms with van der Waals surface area (Å²) >= 11 is 0. The lowest BCUT2D eigenvalue weighted by atomic mass is 10.0. The molecule has 6 heteroatoms. The number of hydrogen-bond acceptors (Lipinski definition) is 4. The maximum Gasteiger partial charge on any atom is 0.314 e. The fourth-order valence-corrected chi connectivity index (χ4v) is 2.63. The van der Waals surface area contributed by atoms with Crippen LogP contribution in [-0.2, 0) is 4.79 Å². The van der Waals surface area contributed by atoms with Crippen molar-refractivity contribution in [2.75, 3.05) is 6.54 Å². The molecule has 0 N–H and O–H groups in total. The van der Waals surface area contributed by atoms with Gasteiger partial charge in [-0.15, -0.1) is 0 Å². The van der Waals surface area contributed by atoms with Crippen molar-refractivity contribution in [1.29, 1.82) is 0 Å². The van der Waals surface area contributed by atoms with E-state index in [1.165, 1.54) is 26.2 Å². The molecule has 1 saturated heterocycles. The average Bonchev–Trinajstić information content (AvgIpc) is 3.13. The summed E-state index contributed by atoms with van der Waals surface area (Å²) in [6.45, 7) is 7.03. The second-order valence-electron chi connectivity index (χ2n) is 6.21. The van der Waals surface area contributed by atoms with Crippen molar-refractivity contribution >= 4 is 11.6 Å². The Kier molecular flexibility index (Phi) is 2.81. The van der Waals surface area contributed by atoms with Gasteiger partial charge < -0.3 is 9.64 Å². The summed E-state index contributed by atoms with van der Waals surface area (Å²) in [4.78, 5) is 25.6. The standard InChI is InChI=1S/C20H22N4O2/c1-14-7-9-15(10-8-14)17-6-5-11-24(17)18(25)20(2,3)26-19-22-12-16(21-4)13-23-19/h7-10,12-13,17H,5-6,11H2,1-3H3/t17-/m0/s1/i1D3,7D,8D,9D,10D,17D. The van der Waals surface area contributed by atoms with Crippen molar-refractivity contribution in [1.82, 2.24) is 14.9 Å². The molecule has 2 aromatic rings. The number of likely N-dealkylation sites (tertiary alicyclic amines) is 1. The summed E-state index contributed by atoms with van der Waals surface area (Å²) < 4.78 is 70.5. The molecule has 0 bridgehead atoms. The highest BCUT2D eigenvalue weighted by molar-refractivity contribution is 5.85. The summed E-state index contributed by atoms with van der Waals surface area (Å²) in [6, 6.07) is -4.99. The third-order valence-corrected chi connectivity index (χ3v) is 3.88. The first-order valence-corrected chi connectivity index (χ1v) is 7.97. The number of aromatic nitrogens is 2. The van der Waals surface area contributed by atoms with Gasteiger partial charge in [0.15, 0.2) is 5.60 Å². The number of ether oxygens (including phenoxy) is 1. The number of nitrogens with zero attached hydrogens (tertiary/aromatic N) is 4. The van der Waals surface area contributed by atoms with E-state index in [-0.39, 0.29) is 30.2 Å². The molecule has 2 heterocycles. The lowest BCUT2D eigenvalue weighted by molar-refractivity contribution is -0.147. The second-order valence-corrected chi connectivity index (χ2v) is 6.21. The minimum atomic E-state index is -2.88. The summed E-state index contributed by atoms with van der Waals surface area (Å²) in [6.07, 6.45) is 2.84. The number of amides is 1. The molecule has 1 atom stereocenters. The molecule has 1 aromatic heterocycles. The van der Waals surface area contributed by atoms with Crippen molar-refractivity contribution < 1.29 is 20.5 Å². The lowest BCUT2D eigenvalue weighted by Gasteiger charge is -2.33. The zero-order chi connectivity index (χ0) is 25.6. The van der Waals surface area contributed by atoms with Crippen LogP contribution in [0.5, 0.6) is 6.01 Å². The molecule has 1 aliphatic heterocycles. The maximum atomic E-state index is 13.5. The Labute approximate surface area is 164 Å². The van der Waals surface area contributed by atoms with Gasteiger partial charge in [0, 0.05) is 23.1 Å². The van der Waals surface area contributed by atoms with Crippen molar-refractivity contribution in [3.05, 3.63) is 59.1 Å². The van der Waals surface area contributed by atoms with E-state index in [2.05, 4.69) is 14.8 Å². The minimum Gasteiger partial charge on any atom is -0.447 e. The molecule has 0 spiro atoms. The summed E-state index contributed by atoms with van der Waals surface area (Å²) in [7, 11) is 0. The van der Waals surface area contributed by atoms with E-state index in [0.29, 0.717) is 6.42 Å². The van der Waals surface area contributed by atoms with Gasteiger partial charge in [-0.1, -0.05) is 29.7 Å². The van der Waals surface area contributed by atoms with Gasteiger partial charge in [0.1, 0.15) is 0 Å². The number of carbonyl (C=O) groups is 1. The highest BCUT2D eigenvalue weighted by Crippen LogP contribution is 2.34. The van der Waals surface area contributed by atoms with Crippen molar-refractivity contribution in [3.63, 3.8) is 0 Å². The van der Waals surface area contributed by atoms with Crippen molar-refractivity contribution in [3.8, 4) is 6.01 Å². The SMILES string of the molecule is [2H]c1c([2H])c([C@]2([2H])CCCN2C(=O)C(C)(C)Oc2ncc([N+]#[C-])cn2)c([2H])c([2H])c1C([2H])([2H])[2H]. The van der Waals surface area contributed by atoms with E-state index in [9.17, 15) is 4.79 Å². The Hall–Kier alpha value is -2.94. The molecule has 0 aliphatic carbocycles. The third-order valence-electron chi connectivity index (χ3n) is 3.88. The molecular formula is C20H22N4O2. The maximum absolute atomic E-state index is 13.5. The number of rotatable bonds is 4. The van der Waals surface area contributed by atoms with Crippen LogP contribution in [0.25, 0.3) is 4.85 Å². The van der Waals surface area contributed by atoms with E-state index in [4.69, 9.17) is 22.3 Å². The summed E-state index contributed by atoms with van der Waals surface area (Å²) in [5.74, 6) is -0.672. The fourth-order valence-electron chi connectivity index (χ4n) is 2.63. The molecular weight excluding hydrogens is 328 g/mol. The molecule has 6 nitrogen and oxygen atoms in total. The Morgan fingerprint density at radius 3 is 2.73 bits per heavy atom. The van der Waals surface area contributed by atoms with Gasteiger partial charge in [0.05, 0.1) is 19.4 Å².